The second kappa shape index (κ2) is 12.5. The minimum Gasteiger partial charge on any atom is -0.371 e. The molecule has 41 heavy (non-hydrogen) atoms. The highest BCUT2D eigenvalue weighted by Gasteiger charge is 2.53. The van der Waals surface area contributed by atoms with Crippen LogP contribution >= 0.6 is 0 Å². The fraction of sp³-hybridized carbons (Fsp3) is 0.677. The minimum absolute atomic E-state index is 0.0330. The fourth-order valence-corrected chi connectivity index (χ4v) is 6.36. The van der Waals surface area contributed by atoms with Gasteiger partial charge in [-0.1, -0.05) is 34.6 Å². The molecule has 4 unspecified atom stereocenters. The molecule has 10 heteroatoms. The lowest BCUT2D eigenvalue weighted by atomic mass is 9.88. The Balaban J connectivity index is 1.45. The average molecular weight is 570 g/mol. The van der Waals surface area contributed by atoms with E-state index in [2.05, 4.69) is 22.2 Å². The van der Waals surface area contributed by atoms with E-state index in [9.17, 15) is 19.2 Å². The molecule has 0 spiro atoms. The summed E-state index contributed by atoms with van der Waals surface area (Å²) < 4.78 is 5.53. The number of piperazine rings is 1. The number of nitrogens with zero attached hydrogens (tertiary/aromatic N) is 4. The number of hydrogen-bond donors (Lipinski definition) is 1. The average Bonchev–Trinajstić information content (AvgIpc) is 3.49. The van der Waals surface area contributed by atoms with Gasteiger partial charge < -0.3 is 29.7 Å². The number of likely N-dealkylation sites (N-methyl/N-ethyl adjacent to an activating group) is 1. The van der Waals surface area contributed by atoms with Crippen molar-refractivity contribution in [3.63, 3.8) is 0 Å². The number of carbonyl (C=O) groups is 4. The molecule has 226 valence electrons. The van der Waals surface area contributed by atoms with Crippen molar-refractivity contribution < 1.29 is 23.9 Å². The van der Waals surface area contributed by atoms with E-state index in [0.29, 0.717) is 24.9 Å². The summed E-state index contributed by atoms with van der Waals surface area (Å²) in [6.45, 7) is 14.0. The molecule has 3 heterocycles. The SMILES string of the molecule is COC(C(=O)N1CC(=O)C2C1CCN2C(=O)C(CC(C)C)NC(=O)c1ccc(N2CCN(C)CC2)cc1)C(C)(C)C. The molecule has 3 saturated heterocycles. The van der Waals surface area contributed by atoms with Gasteiger partial charge in [0.05, 0.1) is 12.6 Å². The molecule has 0 saturated carbocycles. The number of likely N-dealkylation sites (tertiary alicyclic amines) is 2. The number of amides is 3. The predicted molar refractivity (Wildman–Crippen MR) is 158 cm³/mol. The molecule has 4 rings (SSSR count). The van der Waals surface area contributed by atoms with Crippen molar-refractivity contribution in [3.8, 4) is 0 Å². The van der Waals surface area contributed by atoms with E-state index in [4.69, 9.17) is 4.74 Å². The molecule has 10 nitrogen and oxygen atoms in total. The number of hydrogen-bond acceptors (Lipinski definition) is 7. The van der Waals surface area contributed by atoms with Crippen molar-refractivity contribution in [2.75, 3.05) is 58.3 Å². The summed E-state index contributed by atoms with van der Waals surface area (Å²) >= 11 is 0. The van der Waals surface area contributed by atoms with Gasteiger partial charge in [0.15, 0.2) is 5.78 Å². The van der Waals surface area contributed by atoms with Gasteiger partial charge in [-0.15, -0.1) is 0 Å². The quantitative estimate of drug-likeness (QED) is 0.511. The second-order valence-electron chi connectivity index (χ2n) is 13.2. The van der Waals surface area contributed by atoms with E-state index in [1.54, 1.807) is 21.9 Å². The van der Waals surface area contributed by atoms with E-state index in [0.717, 1.165) is 31.9 Å². The number of benzene rings is 1. The molecule has 0 bridgehead atoms. The maximum absolute atomic E-state index is 13.9. The molecule has 0 radical (unpaired) electrons. The molecule has 1 aromatic rings. The first-order chi connectivity index (χ1) is 19.3. The lowest BCUT2D eigenvalue weighted by Crippen LogP contribution is -2.53. The number of anilines is 1. The Bertz CT molecular complexity index is 1120. The molecule has 3 aliphatic rings. The van der Waals surface area contributed by atoms with E-state index in [1.165, 1.54) is 7.11 Å². The first-order valence-corrected chi connectivity index (χ1v) is 14.8. The van der Waals surface area contributed by atoms with Crippen molar-refractivity contribution in [2.45, 2.75) is 71.7 Å². The van der Waals surface area contributed by atoms with Crippen LogP contribution in [0.15, 0.2) is 24.3 Å². The van der Waals surface area contributed by atoms with Crippen LogP contribution in [0.2, 0.25) is 0 Å². The summed E-state index contributed by atoms with van der Waals surface area (Å²) in [5.41, 5.74) is 1.13. The summed E-state index contributed by atoms with van der Waals surface area (Å²) in [6, 6.07) is 5.68. The molecular formula is C31H47N5O5. The smallest absolute Gasteiger partial charge is 0.252 e. The lowest BCUT2D eigenvalue weighted by Gasteiger charge is -2.34. The molecule has 0 aliphatic carbocycles. The first kappa shape index (κ1) is 31.0. The van der Waals surface area contributed by atoms with E-state index in [-0.39, 0.29) is 42.0 Å². The monoisotopic (exact) mass is 569 g/mol. The number of ether oxygens (including phenoxy) is 1. The summed E-state index contributed by atoms with van der Waals surface area (Å²) in [5, 5.41) is 2.96. The highest BCUT2D eigenvalue weighted by molar-refractivity contribution is 6.01. The van der Waals surface area contributed by atoms with Crippen molar-refractivity contribution in [1.82, 2.24) is 20.0 Å². The van der Waals surface area contributed by atoms with E-state index >= 15 is 0 Å². The van der Waals surface area contributed by atoms with Gasteiger partial charge in [0.25, 0.3) is 11.8 Å². The molecule has 3 amide bonds. The molecule has 0 aromatic heterocycles. The van der Waals surface area contributed by atoms with Crippen LogP contribution in [-0.4, -0.2) is 116 Å². The standard InChI is InChI=1S/C31H47N5O5/c1-20(2)18-23(32-28(38)21-8-10-22(11-9-21)34-16-14-33(6)15-17-34)29(39)35-13-12-24-26(35)25(37)19-36(24)30(40)27(41-7)31(3,4)5/h8-11,20,23-24,26-27H,12-19H2,1-7H3,(H,32,38). The maximum atomic E-state index is 13.9. The summed E-state index contributed by atoms with van der Waals surface area (Å²) in [4.78, 5) is 61.5. The number of fused-ring (bicyclic) bond motifs is 1. The Morgan fingerprint density at radius 2 is 1.61 bits per heavy atom. The van der Waals surface area contributed by atoms with Crippen LogP contribution in [0.1, 0.15) is 57.8 Å². The second-order valence-corrected chi connectivity index (χ2v) is 13.2. The van der Waals surface area contributed by atoms with Gasteiger partial charge in [0, 0.05) is 51.1 Å². The minimum atomic E-state index is -0.766. The molecule has 3 aliphatic heterocycles. The third kappa shape index (κ3) is 6.75. The normalized spacial score (nSPS) is 23.1. The highest BCUT2D eigenvalue weighted by Crippen LogP contribution is 2.33. The molecular weight excluding hydrogens is 522 g/mol. The Labute approximate surface area is 244 Å². The predicted octanol–water partition coefficient (Wildman–Crippen LogP) is 2.02. The van der Waals surface area contributed by atoms with Crippen molar-refractivity contribution in [3.05, 3.63) is 29.8 Å². The Kier molecular flexibility index (Phi) is 9.43. The van der Waals surface area contributed by atoms with Gasteiger partial charge in [0.1, 0.15) is 18.2 Å². The van der Waals surface area contributed by atoms with Crippen molar-refractivity contribution >= 4 is 29.2 Å². The van der Waals surface area contributed by atoms with Crippen LogP contribution in [0.5, 0.6) is 0 Å². The van der Waals surface area contributed by atoms with Gasteiger partial charge in [0.2, 0.25) is 5.91 Å². The van der Waals surface area contributed by atoms with Crippen molar-refractivity contribution in [2.24, 2.45) is 11.3 Å². The molecule has 4 atom stereocenters. The molecule has 1 N–H and O–H groups in total. The maximum Gasteiger partial charge on any atom is 0.252 e. The van der Waals surface area contributed by atoms with Crippen LogP contribution in [-0.2, 0) is 19.1 Å². The van der Waals surface area contributed by atoms with Gasteiger partial charge in [-0.25, -0.2) is 0 Å². The third-order valence-corrected chi connectivity index (χ3v) is 8.54. The number of methoxy groups -OCH3 is 1. The zero-order valence-electron chi connectivity index (χ0n) is 25.7. The van der Waals surface area contributed by atoms with Crippen LogP contribution < -0.4 is 10.2 Å². The topological polar surface area (TPSA) is 102 Å². The van der Waals surface area contributed by atoms with Crippen LogP contribution in [0.25, 0.3) is 0 Å². The molecule has 1 aromatic carbocycles. The Hall–Kier alpha value is -2.98. The number of Topliss-reactive ketones (excluding diaryl/α,β-unsaturated/α-hetero) is 1. The zero-order valence-corrected chi connectivity index (χ0v) is 25.7. The summed E-state index contributed by atoms with van der Waals surface area (Å²) in [7, 11) is 3.62. The van der Waals surface area contributed by atoms with Crippen LogP contribution in [0, 0.1) is 11.3 Å². The first-order valence-electron chi connectivity index (χ1n) is 14.8. The third-order valence-electron chi connectivity index (χ3n) is 8.54. The number of carbonyl (C=O) groups excluding carboxylic acids is 4. The van der Waals surface area contributed by atoms with Crippen molar-refractivity contribution in [1.29, 1.82) is 0 Å². The van der Waals surface area contributed by atoms with E-state index in [1.807, 2.05) is 46.8 Å². The largest absolute Gasteiger partial charge is 0.371 e. The zero-order chi connectivity index (χ0) is 30.1. The Morgan fingerprint density at radius 3 is 2.17 bits per heavy atom. The molecule has 3 fully saturated rings. The Morgan fingerprint density at radius 1 is 0.976 bits per heavy atom. The highest BCUT2D eigenvalue weighted by atomic mass is 16.5. The fourth-order valence-electron chi connectivity index (χ4n) is 6.36. The van der Waals surface area contributed by atoms with Gasteiger partial charge in [-0.05, 0) is 55.5 Å². The number of rotatable bonds is 8. The van der Waals surface area contributed by atoms with Gasteiger partial charge >= 0.3 is 0 Å². The van der Waals surface area contributed by atoms with Gasteiger partial charge in [-0.2, -0.15) is 0 Å². The van der Waals surface area contributed by atoms with Gasteiger partial charge in [-0.3, -0.25) is 19.2 Å². The number of ketones is 1. The summed E-state index contributed by atoms with van der Waals surface area (Å²) in [5.74, 6) is -0.800. The lowest BCUT2D eigenvalue weighted by molar-refractivity contribution is -0.150. The summed E-state index contributed by atoms with van der Waals surface area (Å²) in [6.07, 6.45) is 0.282. The number of nitrogens with one attached hydrogen (secondary N) is 1. The van der Waals surface area contributed by atoms with E-state index < -0.39 is 23.6 Å². The van der Waals surface area contributed by atoms with Crippen LogP contribution in [0.3, 0.4) is 0 Å². The van der Waals surface area contributed by atoms with Crippen LogP contribution in [0.4, 0.5) is 5.69 Å².